The summed E-state index contributed by atoms with van der Waals surface area (Å²) in [7, 11) is 0. The molecule has 4 rings (SSSR count). The molecule has 166 valence electrons. The minimum absolute atomic E-state index is 0.0174. The van der Waals surface area contributed by atoms with Gasteiger partial charge in [0.05, 0.1) is 12.3 Å². The van der Waals surface area contributed by atoms with E-state index in [2.05, 4.69) is 15.1 Å². The van der Waals surface area contributed by atoms with E-state index in [1.807, 2.05) is 72.5 Å². The zero-order valence-corrected chi connectivity index (χ0v) is 18.7. The summed E-state index contributed by atoms with van der Waals surface area (Å²) >= 11 is 5.94. The maximum absolute atomic E-state index is 12.5. The van der Waals surface area contributed by atoms with Gasteiger partial charge in [0.2, 0.25) is 0 Å². The zero-order chi connectivity index (χ0) is 22.3. The number of rotatable bonds is 7. The van der Waals surface area contributed by atoms with E-state index in [1.54, 1.807) is 0 Å². The van der Waals surface area contributed by atoms with Gasteiger partial charge >= 0.3 is 0 Å². The van der Waals surface area contributed by atoms with Crippen LogP contribution in [0.5, 0.6) is 11.5 Å². The van der Waals surface area contributed by atoms with Gasteiger partial charge in [0.1, 0.15) is 11.5 Å². The second-order valence-corrected chi connectivity index (χ2v) is 7.78. The molecule has 2 aromatic carbocycles. The van der Waals surface area contributed by atoms with E-state index in [0.717, 1.165) is 22.8 Å². The molecule has 1 aliphatic heterocycles. The number of ether oxygens (including phenoxy) is 2. The van der Waals surface area contributed by atoms with Gasteiger partial charge in [-0.25, -0.2) is 0 Å². The van der Waals surface area contributed by atoms with Crippen LogP contribution in [-0.4, -0.2) is 60.4 Å². The molecule has 0 radical (unpaired) electrons. The van der Waals surface area contributed by atoms with Gasteiger partial charge < -0.3 is 19.3 Å². The smallest absolute Gasteiger partial charge is 0.260 e. The van der Waals surface area contributed by atoms with E-state index in [0.29, 0.717) is 43.6 Å². The summed E-state index contributed by atoms with van der Waals surface area (Å²) in [5.41, 5.74) is 1.77. The molecule has 2 heterocycles. The van der Waals surface area contributed by atoms with E-state index in [9.17, 15) is 4.79 Å². The van der Waals surface area contributed by atoms with Gasteiger partial charge in [-0.2, -0.15) is 0 Å². The lowest BCUT2D eigenvalue weighted by Gasteiger charge is -2.35. The number of anilines is 1. The summed E-state index contributed by atoms with van der Waals surface area (Å²) in [6.45, 7) is 5.20. The number of piperazine rings is 1. The number of benzene rings is 2. The first-order valence-electron chi connectivity index (χ1n) is 10.6. The Labute approximate surface area is 192 Å². The lowest BCUT2D eigenvalue weighted by atomic mass is 10.1. The molecular weight excluding hydrogens is 428 g/mol. The summed E-state index contributed by atoms with van der Waals surface area (Å²) < 4.78 is 11.0. The second-order valence-electron chi connectivity index (χ2n) is 7.34. The molecule has 0 bridgehead atoms. The van der Waals surface area contributed by atoms with Crippen LogP contribution in [0.4, 0.5) is 5.82 Å². The van der Waals surface area contributed by atoms with Crippen LogP contribution >= 0.6 is 11.6 Å². The third-order valence-electron chi connectivity index (χ3n) is 5.24. The number of amides is 1. The van der Waals surface area contributed by atoms with Crippen molar-refractivity contribution in [1.29, 1.82) is 0 Å². The van der Waals surface area contributed by atoms with Gasteiger partial charge in [0.15, 0.2) is 12.4 Å². The third kappa shape index (κ3) is 5.48. The molecule has 0 N–H and O–H groups in total. The average molecular weight is 453 g/mol. The highest BCUT2D eigenvalue weighted by Gasteiger charge is 2.22. The number of halogens is 1. The monoisotopic (exact) mass is 452 g/mol. The van der Waals surface area contributed by atoms with Crippen LogP contribution in [0.1, 0.15) is 6.92 Å². The molecule has 7 nitrogen and oxygen atoms in total. The Morgan fingerprint density at radius 3 is 2.12 bits per heavy atom. The lowest BCUT2D eigenvalue weighted by Crippen LogP contribution is -2.50. The van der Waals surface area contributed by atoms with Gasteiger partial charge in [0.25, 0.3) is 5.91 Å². The fraction of sp³-hybridized carbons (Fsp3) is 0.292. The van der Waals surface area contributed by atoms with Gasteiger partial charge in [-0.15, -0.1) is 10.2 Å². The van der Waals surface area contributed by atoms with Gasteiger partial charge in [-0.1, -0.05) is 23.7 Å². The maximum Gasteiger partial charge on any atom is 0.260 e. The molecule has 1 amide bonds. The van der Waals surface area contributed by atoms with Crippen LogP contribution < -0.4 is 14.4 Å². The Morgan fingerprint density at radius 2 is 1.53 bits per heavy atom. The average Bonchev–Trinajstić information content (AvgIpc) is 2.84. The molecule has 0 saturated carbocycles. The van der Waals surface area contributed by atoms with Crippen molar-refractivity contribution in [3.8, 4) is 22.8 Å². The van der Waals surface area contributed by atoms with Gasteiger partial charge in [-0.05, 0) is 55.5 Å². The fourth-order valence-electron chi connectivity index (χ4n) is 3.49. The van der Waals surface area contributed by atoms with E-state index >= 15 is 0 Å². The molecule has 1 aliphatic rings. The first-order valence-corrected chi connectivity index (χ1v) is 11.0. The summed E-state index contributed by atoms with van der Waals surface area (Å²) in [5, 5.41) is 9.41. The highest BCUT2D eigenvalue weighted by Crippen LogP contribution is 2.21. The third-order valence-corrected chi connectivity index (χ3v) is 5.50. The number of carbonyl (C=O) groups excluding carboxylic acids is 1. The topological polar surface area (TPSA) is 67.8 Å². The number of hydrogen-bond donors (Lipinski definition) is 0. The number of hydrogen-bond acceptors (Lipinski definition) is 6. The summed E-state index contributed by atoms with van der Waals surface area (Å²) in [5.74, 6) is 2.21. The van der Waals surface area contributed by atoms with Crippen molar-refractivity contribution in [3.63, 3.8) is 0 Å². The van der Waals surface area contributed by atoms with Gasteiger partial charge in [-0.3, -0.25) is 4.79 Å². The van der Waals surface area contributed by atoms with Crippen molar-refractivity contribution in [2.24, 2.45) is 0 Å². The van der Waals surface area contributed by atoms with E-state index < -0.39 is 0 Å². The molecule has 1 aromatic heterocycles. The SMILES string of the molecule is CCOc1ccc(OCC(=O)N2CCN(c3ccc(-c4ccc(Cl)cc4)nn3)CC2)cc1. The number of carbonyl (C=O) groups is 1. The highest BCUT2D eigenvalue weighted by molar-refractivity contribution is 6.30. The van der Waals surface area contributed by atoms with Crippen LogP contribution in [0, 0.1) is 0 Å². The van der Waals surface area contributed by atoms with E-state index in [1.165, 1.54) is 0 Å². The highest BCUT2D eigenvalue weighted by atomic mass is 35.5. The van der Waals surface area contributed by atoms with E-state index in [4.69, 9.17) is 21.1 Å². The summed E-state index contributed by atoms with van der Waals surface area (Å²) in [4.78, 5) is 16.5. The lowest BCUT2D eigenvalue weighted by molar-refractivity contribution is -0.133. The second kappa shape index (κ2) is 10.3. The van der Waals surface area contributed by atoms with E-state index in [-0.39, 0.29) is 12.5 Å². The standard InChI is InChI=1S/C24H25ClN4O3/c1-2-31-20-7-9-21(10-8-20)32-17-24(30)29-15-13-28(14-16-29)23-12-11-22(26-27-23)18-3-5-19(25)6-4-18/h3-12H,2,13-17H2,1H3. The Bertz CT molecular complexity index is 1020. The molecule has 8 heteroatoms. The molecule has 0 atom stereocenters. The first-order chi connectivity index (χ1) is 15.6. The molecule has 32 heavy (non-hydrogen) atoms. The normalized spacial score (nSPS) is 13.7. The van der Waals surface area contributed by atoms with Crippen molar-refractivity contribution in [3.05, 3.63) is 65.7 Å². The summed E-state index contributed by atoms with van der Waals surface area (Å²) in [6, 6.07) is 18.7. The van der Waals surface area contributed by atoms with Crippen LogP contribution in [0.15, 0.2) is 60.7 Å². The molecule has 0 spiro atoms. The fourth-order valence-corrected chi connectivity index (χ4v) is 3.61. The Morgan fingerprint density at radius 1 is 0.875 bits per heavy atom. The molecular formula is C24H25ClN4O3. The molecule has 0 aliphatic carbocycles. The summed E-state index contributed by atoms with van der Waals surface area (Å²) in [6.07, 6.45) is 0. The van der Waals surface area contributed by atoms with Crippen molar-refractivity contribution in [1.82, 2.24) is 15.1 Å². The quantitative estimate of drug-likeness (QED) is 0.541. The first kappa shape index (κ1) is 21.9. The van der Waals surface area contributed by atoms with Crippen LogP contribution in [0.2, 0.25) is 5.02 Å². The predicted octanol–water partition coefficient (Wildman–Crippen LogP) is 3.92. The van der Waals surface area contributed by atoms with Crippen molar-refractivity contribution < 1.29 is 14.3 Å². The largest absolute Gasteiger partial charge is 0.494 e. The van der Waals surface area contributed by atoms with Crippen LogP contribution in [-0.2, 0) is 4.79 Å². The van der Waals surface area contributed by atoms with Crippen molar-refractivity contribution in [2.75, 3.05) is 44.3 Å². The number of nitrogens with zero attached hydrogens (tertiary/aromatic N) is 4. The molecule has 1 fully saturated rings. The maximum atomic E-state index is 12.5. The minimum atomic E-state index is -0.0253. The Balaban J connectivity index is 1.26. The predicted molar refractivity (Wildman–Crippen MR) is 124 cm³/mol. The van der Waals surface area contributed by atoms with Crippen molar-refractivity contribution in [2.45, 2.75) is 6.92 Å². The van der Waals surface area contributed by atoms with Crippen LogP contribution in [0.3, 0.4) is 0 Å². The van der Waals surface area contributed by atoms with Crippen LogP contribution in [0.25, 0.3) is 11.3 Å². The zero-order valence-electron chi connectivity index (χ0n) is 17.9. The van der Waals surface area contributed by atoms with Gasteiger partial charge in [0, 0.05) is 36.8 Å². The Kier molecular flexibility index (Phi) is 7.07. The number of aromatic nitrogens is 2. The molecule has 3 aromatic rings. The minimum Gasteiger partial charge on any atom is -0.494 e. The molecule has 0 unspecified atom stereocenters. The Hall–Kier alpha value is -3.32. The molecule has 1 saturated heterocycles. The van der Waals surface area contributed by atoms with Crippen molar-refractivity contribution >= 4 is 23.3 Å².